The Labute approximate surface area is 200 Å². The molecule has 5 rings (SSSR count). The second kappa shape index (κ2) is 8.64. The first kappa shape index (κ1) is 22.2. The van der Waals surface area contributed by atoms with Gasteiger partial charge in [-0.3, -0.25) is 24.3 Å². The van der Waals surface area contributed by atoms with Crippen LogP contribution in [-0.4, -0.2) is 26.9 Å². The van der Waals surface area contributed by atoms with E-state index in [4.69, 9.17) is 4.98 Å². The first-order valence-corrected chi connectivity index (χ1v) is 11.3. The summed E-state index contributed by atoms with van der Waals surface area (Å²) in [6, 6.07) is 18.6. The minimum absolute atomic E-state index is 0.0824. The third-order valence-corrected chi connectivity index (χ3v) is 6.05. The van der Waals surface area contributed by atoms with Gasteiger partial charge in [-0.25, -0.2) is 4.98 Å². The molecule has 0 atom stereocenters. The number of rotatable bonds is 5. The van der Waals surface area contributed by atoms with Crippen molar-refractivity contribution in [3.05, 3.63) is 104 Å². The van der Waals surface area contributed by atoms with E-state index >= 15 is 0 Å². The van der Waals surface area contributed by atoms with E-state index in [1.54, 1.807) is 35.2 Å². The van der Waals surface area contributed by atoms with Crippen molar-refractivity contribution >= 4 is 39.8 Å². The van der Waals surface area contributed by atoms with Crippen LogP contribution in [0.25, 0.3) is 28.2 Å². The zero-order valence-corrected chi connectivity index (χ0v) is 19.3. The average Bonchev–Trinajstić information content (AvgIpc) is 3.10. The van der Waals surface area contributed by atoms with Gasteiger partial charge in [-0.2, -0.15) is 0 Å². The summed E-state index contributed by atoms with van der Waals surface area (Å²) in [6.45, 7) is 4.55. The van der Waals surface area contributed by atoms with Gasteiger partial charge in [-0.1, -0.05) is 30.7 Å². The number of hydrogen-bond donors (Lipinski definition) is 0. The Hall–Kier alpha value is -4.59. The van der Waals surface area contributed by atoms with Gasteiger partial charge in [0, 0.05) is 24.2 Å². The minimum atomic E-state index is -0.493. The van der Waals surface area contributed by atoms with Crippen LogP contribution >= 0.6 is 0 Å². The lowest BCUT2D eigenvalue weighted by Crippen LogP contribution is -2.27. The molecule has 8 nitrogen and oxygen atoms in total. The standard InChI is InChI=1S/C27H22N4O4/c1-3-14-29-24-13-8-17(2)15-21(24)22(26(29)32)16-25-28-23-7-5-4-6-20(23)27(33)30(25)18-9-11-19(12-10-18)31(34)35/h4-13,15-16H,3,14H2,1-2H3/b22-16-. The van der Waals surface area contributed by atoms with Crippen LogP contribution in [-0.2, 0) is 4.79 Å². The maximum atomic E-state index is 13.6. The number of carbonyl (C=O) groups excluding carboxylic acids is 1. The van der Waals surface area contributed by atoms with E-state index in [1.807, 2.05) is 32.0 Å². The summed E-state index contributed by atoms with van der Waals surface area (Å²) in [7, 11) is 0. The van der Waals surface area contributed by atoms with Crippen LogP contribution in [0.1, 0.15) is 30.3 Å². The maximum absolute atomic E-state index is 13.6. The number of nitro benzene ring substituents is 1. The van der Waals surface area contributed by atoms with Gasteiger partial charge in [-0.05, 0) is 55.8 Å². The topological polar surface area (TPSA) is 98.3 Å². The second-order valence-electron chi connectivity index (χ2n) is 8.44. The Balaban J connectivity index is 1.77. The first-order valence-electron chi connectivity index (χ1n) is 11.3. The normalized spacial score (nSPS) is 14.1. The number of benzene rings is 3. The fraction of sp³-hybridized carbons (Fsp3) is 0.148. The predicted octanol–water partition coefficient (Wildman–Crippen LogP) is 4.90. The summed E-state index contributed by atoms with van der Waals surface area (Å²) in [5.74, 6) is 0.127. The van der Waals surface area contributed by atoms with Crippen molar-refractivity contribution in [3.63, 3.8) is 0 Å². The highest BCUT2D eigenvalue weighted by molar-refractivity contribution is 6.35. The van der Waals surface area contributed by atoms with E-state index < -0.39 is 4.92 Å². The molecule has 0 radical (unpaired) electrons. The molecule has 1 aliphatic rings. The fourth-order valence-electron chi connectivity index (χ4n) is 4.40. The third kappa shape index (κ3) is 3.78. The summed E-state index contributed by atoms with van der Waals surface area (Å²) in [5, 5.41) is 11.5. The summed E-state index contributed by atoms with van der Waals surface area (Å²) >= 11 is 0. The zero-order valence-electron chi connectivity index (χ0n) is 19.3. The molecule has 2 heterocycles. The lowest BCUT2D eigenvalue weighted by molar-refractivity contribution is -0.384. The molecule has 0 unspecified atom stereocenters. The molecule has 8 heteroatoms. The fourth-order valence-corrected chi connectivity index (χ4v) is 4.40. The highest BCUT2D eigenvalue weighted by Gasteiger charge is 2.32. The Morgan fingerprint density at radius 2 is 1.77 bits per heavy atom. The predicted molar refractivity (Wildman–Crippen MR) is 136 cm³/mol. The number of non-ortho nitro benzene ring substituents is 1. The quantitative estimate of drug-likeness (QED) is 0.237. The monoisotopic (exact) mass is 466 g/mol. The van der Waals surface area contributed by atoms with Crippen molar-refractivity contribution in [2.75, 3.05) is 11.4 Å². The highest BCUT2D eigenvalue weighted by atomic mass is 16.6. The van der Waals surface area contributed by atoms with Crippen molar-refractivity contribution in [3.8, 4) is 5.69 Å². The van der Waals surface area contributed by atoms with Crippen LogP contribution in [0.2, 0.25) is 0 Å². The molecular formula is C27H22N4O4. The number of para-hydroxylation sites is 1. The number of nitro groups is 1. The van der Waals surface area contributed by atoms with Crippen molar-refractivity contribution in [1.82, 2.24) is 9.55 Å². The first-order chi connectivity index (χ1) is 16.9. The van der Waals surface area contributed by atoms with E-state index in [0.29, 0.717) is 28.7 Å². The molecule has 0 spiro atoms. The number of carbonyl (C=O) groups is 1. The molecule has 0 saturated heterocycles. The number of nitrogens with zero attached hydrogens (tertiary/aromatic N) is 4. The third-order valence-electron chi connectivity index (χ3n) is 6.05. The number of aromatic nitrogens is 2. The molecule has 0 saturated carbocycles. The molecule has 4 aromatic rings. The molecule has 1 amide bonds. The SMILES string of the molecule is CCCN1C(=O)/C(=C\c2nc3ccccc3c(=O)n2-c2ccc([N+](=O)[O-])cc2)c2cc(C)ccc21. The minimum Gasteiger partial charge on any atom is -0.308 e. The van der Waals surface area contributed by atoms with Gasteiger partial charge < -0.3 is 4.90 Å². The van der Waals surface area contributed by atoms with Crippen LogP contribution in [0.4, 0.5) is 11.4 Å². The molecule has 0 N–H and O–H groups in total. The lowest BCUT2D eigenvalue weighted by Gasteiger charge is -2.15. The van der Waals surface area contributed by atoms with Gasteiger partial charge in [-0.15, -0.1) is 0 Å². The molecule has 3 aromatic carbocycles. The average molecular weight is 466 g/mol. The summed E-state index contributed by atoms with van der Waals surface area (Å²) in [6.07, 6.45) is 2.44. The summed E-state index contributed by atoms with van der Waals surface area (Å²) in [5.41, 5.74) is 3.61. The van der Waals surface area contributed by atoms with Gasteiger partial charge in [0.2, 0.25) is 0 Å². The summed E-state index contributed by atoms with van der Waals surface area (Å²) < 4.78 is 1.39. The van der Waals surface area contributed by atoms with Crippen LogP contribution in [0.5, 0.6) is 0 Å². The Morgan fingerprint density at radius 1 is 1.03 bits per heavy atom. The van der Waals surface area contributed by atoms with Gasteiger partial charge in [0.15, 0.2) is 0 Å². The molecule has 1 aliphatic heterocycles. The van der Waals surface area contributed by atoms with Crippen LogP contribution in [0.15, 0.2) is 71.5 Å². The van der Waals surface area contributed by atoms with Gasteiger partial charge in [0.25, 0.3) is 17.2 Å². The van der Waals surface area contributed by atoms with Crippen molar-refractivity contribution in [1.29, 1.82) is 0 Å². The van der Waals surface area contributed by atoms with E-state index in [0.717, 1.165) is 23.2 Å². The van der Waals surface area contributed by atoms with Crippen molar-refractivity contribution in [2.45, 2.75) is 20.3 Å². The number of hydrogen-bond acceptors (Lipinski definition) is 5. The zero-order chi connectivity index (χ0) is 24.7. The molecule has 1 aromatic heterocycles. The number of fused-ring (bicyclic) bond motifs is 2. The van der Waals surface area contributed by atoms with Crippen LogP contribution < -0.4 is 10.5 Å². The second-order valence-corrected chi connectivity index (χ2v) is 8.44. The number of aryl methyl sites for hydroxylation is 1. The van der Waals surface area contributed by atoms with Crippen LogP contribution in [0, 0.1) is 17.0 Å². The smallest absolute Gasteiger partial charge is 0.269 e. The summed E-state index contributed by atoms with van der Waals surface area (Å²) in [4.78, 5) is 44.1. The Morgan fingerprint density at radius 3 is 2.49 bits per heavy atom. The molecule has 0 aliphatic carbocycles. The molecule has 174 valence electrons. The molecule has 0 fully saturated rings. The molecule has 0 bridgehead atoms. The van der Waals surface area contributed by atoms with Gasteiger partial charge >= 0.3 is 0 Å². The molecule has 35 heavy (non-hydrogen) atoms. The van der Waals surface area contributed by atoms with Gasteiger partial charge in [0.05, 0.1) is 32.8 Å². The Kier molecular flexibility index (Phi) is 5.49. The van der Waals surface area contributed by atoms with Crippen molar-refractivity contribution in [2.24, 2.45) is 0 Å². The largest absolute Gasteiger partial charge is 0.308 e. The van der Waals surface area contributed by atoms with Crippen LogP contribution in [0.3, 0.4) is 0 Å². The highest BCUT2D eigenvalue weighted by Crippen LogP contribution is 2.38. The number of anilines is 1. The Bertz CT molecular complexity index is 1590. The number of amides is 1. The van der Waals surface area contributed by atoms with Gasteiger partial charge in [0.1, 0.15) is 5.82 Å². The van der Waals surface area contributed by atoms with Crippen molar-refractivity contribution < 1.29 is 9.72 Å². The van der Waals surface area contributed by atoms with E-state index in [1.165, 1.54) is 28.8 Å². The lowest BCUT2D eigenvalue weighted by atomic mass is 10.0. The molecular weight excluding hydrogens is 444 g/mol. The van der Waals surface area contributed by atoms with E-state index in [9.17, 15) is 19.7 Å². The van der Waals surface area contributed by atoms with E-state index in [-0.39, 0.29) is 23.0 Å². The van der Waals surface area contributed by atoms with E-state index in [2.05, 4.69) is 0 Å². The maximum Gasteiger partial charge on any atom is 0.269 e.